The molecule has 1 heterocycles. The van der Waals surface area contributed by atoms with Crippen LogP contribution in [0.3, 0.4) is 0 Å². The van der Waals surface area contributed by atoms with Crippen LogP contribution in [0.2, 0.25) is 0 Å². The minimum Gasteiger partial charge on any atom is -0.261 e. The van der Waals surface area contributed by atoms with Crippen LogP contribution < -0.4 is 0 Å². The number of nitrogens with zero attached hydrogens (tertiary/aromatic N) is 4. The lowest BCUT2D eigenvalue weighted by Gasteiger charge is -2.18. The highest BCUT2D eigenvalue weighted by atomic mass is 79.9. The molecule has 1 aliphatic rings. The van der Waals surface area contributed by atoms with Crippen molar-refractivity contribution >= 4 is 22.5 Å². The molecule has 5 heteroatoms. The molecule has 0 saturated carbocycles. The molecule has 0 radical (unpaired) electrons. The summed E-state index contributed by atoms with van der Waals surface area (Å²) < 4.78 is 1.59. The quantitative estimate of drug-likeness (QED) is 0.590. The molecule has 1 unspecified atom stereocenters. The summed E-state index contributed by atoms with van der Waals surface area (Å²) >= 11 is 3.17. The topological polar surface area (TPSA) is 42.6 Å². The third kappa shape index (κ3) is 1.07. The van der Waals surface area contributed by atoms with Gasteiger partial charge in [0.15, 0.2) is 0 Å². The molecule has 0 saturated heterocycles. The van der Waals surface area contributed by atoms with Gasteiger partial charge in [-0.05, 0) is 6.92 Å². The SMILES string of the molecule is CCN1N=CN(Br)C1C#N. The predicted molar refractivity (Wildman–Crippen MR) is 41.0 cm³/mol. The van der Waals surface area contributed by atoms with Crippen LogP contribution in [-0.4, -0.2) is 28.0 Å². The second-order valence-electron chi connectivity index (χ2n) is 1.83. The summed E-state index contributed by atoms with van der Waals surface area (Å²) in [6, 6.07) is 2.09. The molecule has 0 N–H and O–H groups in total. The van der Waals surface area contributed by atoms with Crippen molar-refractivity contribution in [1.82, 2.24) is 8.93 Å². The summed E-state index contributed by atoms with van der Waals surface area (Å²) in [5, 5.41) is 14.2. The Balaban J connectivity index is 2.64. The van der Waals surface area contributed by atoms with Crippen LogP contribution in [0, 0.1) is 11.3 Å². The Kier molecular flexibility index (Phi) is 2.12. The van der Waals surface area contributed by atoms with Crippen LogP contribution in [-0.2, 0) is 0 Å². The third-order valence-electron chi connectivity index (χ3n) is 1.27. The predicted octanol–water partition coefficient (Wildman–Crippen LogP) is 0.727. The molecule has 0 bridgehead atoms. The van der Waals surface area contributed by atoms with E-state index in [-0.39, 0.29) is 6.17 Å². The van der Waals surface area contributed by atoms with E-state index in [0.29, 0.717) is 0 Å². The molecule has 10 heavy (non-hydrogen) atoms. The fourth-order valence-corrected chi connectivity index (χ4v) is 1.13. The monoisotopic (exact) mass is 202 g/mol. The van der Waals surface area contributed by atoms with Crippen molar-refractivity contribution in [3.05, 3.63) is 0 Å². The minimum absolute atomic E-state index is 0.287. The van der Waals surface area contributed by atoms with Crippen molar-refractivity contribution in [2.75, 3.05) is 6.54 Å². The average Bonchev–Trinajstić information content (AvgIpc) is 2.30. The van der Waals surface area contributed by atoms with Crippen LogP contribution in [0.15, 0.2) is 5.10 Å². The molecule has 54 valence electrons. The number of nitriles is 1. The number of hydrogen-bond acceptors (Lipinski definition) is 4. The molecule has 1 aliphatic heterocycles. The molecule has 0 aliphatic carbocycles. The van der Waals surface area contributed by atoms with E-state index in [4.69, 9.17) is 5.26 Å². The largest absolute Gasteiger partial charge is 0.261 e. The van der Waals surface area contributed by atoms with Gasteiger partial charge < -0.3 is 0 Å². The molecular weight excluding hydrogens is 196 g/mol. The molecule has 0 aromatic heterocycles. The molecule has 0 aromatic rings. The molecular formula is C5H7BrN4. The first-order chi connectivity index (χ1) is 4.79. The van der Waals surface area contributed by atoms with Gasteiger partial charge in [0.25, 0.3) is 0 Å². The zero-order chi connectivity index (χ0) is 7.56. The van der Waals surface area contributed by atoms with E-state index in [1.165, 1.54) is 0 Å². The highest BCUT2D eigenvalue weighted by Crippen LogP contribution is 2.13. The second-order valence-corrected chi connectivity index (χ2v) is 2.65. The fraction of sp³-hybridized carbons (Fsp3) is 0.600. The van der Waals surface area contributed by atoms with Crippen molar-refractivity contribution in [3.63, 3.8) is 0 Å². The van der Waals surface area contributed by atoms with E-state index in [0.717, 1.165) is 6.54 Å². The first-order valence-electron chi connectivity index (χ1n) is 2.94. The molecule has 0 spiro atoms. The van der Waals surface area contributed by atoms with Crippen molar-refractivity contribution in [3.8, 4) is 6.07 Å². The first kappa shape index (κ1) is 7.35. The lowest BCUT2D eigenvalue weighted by molar-refractivity contribution is 0.241. The van der Waals surface area contributed by atoms with Gasteiger partial charge in [-0.2, -0.15) is 10.4 Å². The standard InChI is InChI=1S/C5H7BrN4/c1-2-10-5(3-7)9(6)4-8-10/h4-5H,2H2,1H3. The van der Waals surface area contributed by atoms with Gasteiger partial charge in [0.1, 0.15) is 12.4 Å². The smallest absolute Gasteiger partial charge is 0.217 e. The first-order valence-corrected chi connectivity index (χ1v) is 3.65. The Hall–Kier alpha value is -0.760. The molecule has 1 rings (SSSR count). The van der Waals surface area contributed by atoms with Gasteiger partial charge in [-0.3, -0.25) is 8.93 Å². The summed E-state index contributed by atoms with van der Waals surface area (Å²) in [7, 11) is 0. The Bertz CT molecular complexity index is 185. The van der Waals surface area contributed by atoms with E-state index in [9.17, 15) is 0 Å². The van der Waals surface area contributed by atoms with Crippen molar-refractivity contribution in [1.29, 1.82) is 5.26 Å². The van der Waals surface area contributed by atoms with Crippen LogP contribution >= 0.6 is 16.1 Å². The highest BCUT2D eigenvalue weighted by Gasteiger charge is 2.24. The molecule has 0 aromatic carbocycles. The van der Waals surface area contributed by atoms with Crippen LogP contribution in [0.1, 0.15) is 6.92 Å². The zero-order valence-corrected chi connectivity index (χ0v) is 7.11. The van der Waals surface area contributed by atoms with Crippen LogP contribution in [0.25, 0.3) is 0 Å². The van der Waals surface area contributed by atoms with Gasteiger partial charge >= 0.3 is 0 Å². The van der Waals surface area contributed by atoms with Crippen LogP contribution in [0.4, 0.5) is 0 Å². The van der Waals surface area contributed by atoms with Gasteiger partial charge in [0.2, 0.25) is 6.17 Å². The Labute approximate surface area is 68.0 Å². The van der Waals surface area contributed by atoms with Gasteiger partial charge in [-0.1, -0.05) is 0 Å². The number of hydrogen-bond donors (Lipinski definition) is 0. The van der Waals surface area contributed by atoms with E-state index in [2.05, 4.69) is 27.3 Å². The van der Waals surface area contributed by atoms with Crippen molar-refractivity contribution in [2.24, 2.45) is 5.10 Å². The van der Waals surface area contributed by atoms with E-state index >= 15 is 0 Å². The second kappa shape index (κ2) is 2.88. The molecule has 0 fully saturated rings. The van der Waals surface area contributed by atoms with E-state index in [1.54, 1.807) is 15.3 Å². The minimum atomic E-state index is -0.287. The lowest BCUT2D eigenvalue weighted by atomic mass is 10.5. The number of halogens is 1. The lowest BCUT2D eigenvalue weighted by Crippen LogP contribution is -2.32. The van der Waals surface area contributed by atoms with Gasteiger partial charge in [-0.15, -0.1) is 0 Å². The number of hydrazone groups is 1. The summed E-state index contributed by atoms with van der Waals surface area (Å²) in [6.45, 7) is 2.70. The highest BCUT2D eigenvalue weighted by molar-refractivity contribution is 9.07. The third-order valence-corrected chi connectivity index (χ3v) is 1.84. The Morgan fingerprint density at radius 2 is 2.60 bits per heavy atom. The fourth-order valence-electron chi connectivity index (χ4n) is 0.746. The maximum Gasteiger partial charge on any atom is 0.217 e. The molecule has 1 atom stereocenters. The average molecular weight is 203 g/mol. The van der Waals surface area contributed by atoms with Crippen LogP contribution in [0.5, 0.6) is 0 Å². The normalized spacial score (nSPS) is 23.5. The Morgan fingerprint density at radius 1 is 1.90 bits per heavy atom. The molecule has 0 amide bonds. The molecule has 4 nitrogen and oxygen atoms in total. The van der Waals surface area contributed by atoms with Crippen molar-refractivity contribution < 1.29 is 0 Å². The summed E-state index contributed by atoms with van der Waals surface area (Å²) in [6.07, 6.45) is 1.29. The van der Waals surface area contributed by atoms with E-state index in [1.807, 2.05) is 6.92 Å². The van der Waals surface area contributed by atoms with Gasteiger partial charge in [0, 0.05) is 6.54 Å². The van der Waals surface area contributed by atoms with E-state index < -0.39 is 0 Å². The summed E-state index contributed by atoms with van der Waals surface area (Å²) in [4.78, 5) is 0. The summed E-state index contributed by atoms with van der Waals surface area (Å²) in [5.41, 5.74) is 0. The van der Waals surface area contributed by atoms with Crippen molar-refractivity contribution in [2.45, 2.75) is 13.1 Å². The maximum absolute atomic E-state index is 8.59. The number of rotatable bonds is 1. The zero-order valence-electron chi connectivity index (χ0n) is 5.53. The Morgan fingerprint density at radius 3 is 3.00 bits per heavy atom. The van der Waals surface area contributed by atoms with Gasteiger partial charge in [0.05, 0.1) is 16.1 Å². The van der Waals surface area contributed by atoms with Gasteiger partial charge in [-0.25, -0.2) is 0 Å². The summed E-state index contributed by atoms with van der Waals surface area (Å²) in [5.74, 6) is 0. The maximum atomic E-state index is 8.59.